The molecule has 4 rings (SSSR count). The van der Waals surface area contributed by atoms with E-state index >= 15 is 0 Å². The van der Waals surface area contributed by atoms with E-state index in [2.05, 4.69) is 5.18 Å². The van der Waals surface area contributed by atoms with Gasteiger partial charge in [0.2, 0.25) is 0 Å². The number of nitroso groups, excluding NO2 is 1. The van der Waals surface area contributed by atoms with Crippen molar-refractivity contribution in [2.45, 2.75) is 49.4 Å². The Morgan fingerprint density at radius 2 is 1.79 bits per heavy atom. The smallest absolute Gasteiger partial charge is 0.0951 e. The number of hydrogen-bond donors (Lipinski definition) is 0. The van der Waals surface area contributed by atoms with Crippen molar-refractivity contribution >= 4 is 11.6 Å². The summed E-state index contributed by atoms with van der Waals surface area (Å²) in [6.45, 7) is 0. The molecule has 4 aliphatic carbocycles. The summed E-state index contributed by atoms with van der Waals surface area (Å²) in [5, 5.41) is 3.33. The Balaban J connectivity index is 1.95. The second kappa shape index (κ2) is 2.94. The highest BCUT2D eigenvalue weighted by Gasteiger charge is 2.50. The summed E-state index contributed by atoms with van der Waals surface area (Å²) >= 11 is 6.61. The van der Waals surface area contributed by atoms with Crippen LogP contribution in [0.2, 0.25) is 0 Å². The Hall–Kier alpha value is -0.110. The average Bonchev–Trinajstić information content (AvgIpc) is 2.26. The van der Waals surface area contributed by atoms with Crippen LogP contribution in [-0.4, -0.2) is 10.9 Å². The summed E-state index contributed by atoms with van der Waals surface area (Å²) in [6.07, 6.45) is 6.89. The second-order valence-corrected chi connectivity index (χ2v) is 6.44. The second-order valence-electron chi connectivity index (χ2n) is 5.64. The molecule has 14 heavy (non-hydrogen) atoms. The molecular weight excluding hydrogens is 198 g/mol. The SMILES string of the molecule is O=NC1CC2CC3CC1CC(Cl)(C3)C2. The van der Waals surface area contributed by atoms with E-state index < -0.39 is 0 Å². The first-order valence-corrected chi connectivity index (χ1v) is 6.08. The van der Waals surface area contributed by atoms with Crippen molar-refractivity contribution in [2.75, 3.05) is 0 Å². The van der Waals surface area contributed by atoms with Gasteiger partial charge in [0.15, 0.2) is 0 Å². The number of rotatable bonds is 1. The van der Waals surface area contributed by atoms with Gasteiger partial charge in [-0.05, 0) is 56.3 Å². The largest absolute Gasteiger partial charge is 0.151 e. The van der Waals surface area contributed by atoms with Crippen molar-refractivity contribution in [2.24, 2.45) is 22.9 Å². The van der Waals surface area contributed by atoms with Gasteiger partial charge in [0, 0.05) is 4.87 Å². The van der Waals surface area contributed by atoms with E-state index in [4.69, 9.17) is 11.6 Å². The van der Waals surface area contributed by atoms with E-state index in [0.29, 0.717) is 11.8 Å². The van der Waals surface area contributed by atoms with Crippen molar-refractivity contribution in [3.05, 3.63) is 4.91 Å². The molecule has 5 atom stereocenters. The molecule has 0 N–H and O–H groups in total. The van der Waals surface area contributed by atoms with Gasteiger partial charge < -0.3 is 0 Å². The lowest BCUT2D eigenvalue weighted by Crippen LogP contribution is -2.39. The van der Waals surface area contributed by atoms with E-state index in [1.807, 2.05) is 0 Å². The van der Waals surface area contributed by atoms with E-state index in [0.717, 1.165) is 25.2 Å². The highest BCUT2D eigenvalue weighted by Crippen LogP contribution is 2.56. The van der Waals surface area contributed by atoms with Crippen LogP contribution < -0.4 is 0 Å². The number of fused-ring (bicyclic) bond motifs is 1. The van der Waals surface area contributed by atoms with Crippen LogP contribution >= 0.6 is 11.6 Å². The maximum Gasteiger partial charge on any atom is 0.0951 e. The van der Waals surface area contributed by atoms with Gasteiger partial charge in [0.05, 0.1) is 6.04 Å². The molecule has 4 fully saturated rings. The first-order valence-electron chi connectivity index (χ1n) is 5.70. The van der Waals surface area contributed by atoms with Crippen LogP contribution in [0.5, 0.6) is 0 Å². The van der Waals surface area contributed by atoms with E-state index in [1.165, 1.54) is 19.3 Å². The van der Waals surface area contributed by atoms with Gasteiger partial charge in [0.1, 0.15) is 0 Å². The molecule has 0 aromatic carbocycles. The average molecular weight is 214 g/mol. The summed E-state index contributed by atoms with van der Waals surface area (Å²) in [5.41, 5.74) is 0. The lowest BCUT2D eigenvalue weighted by Gasteiger charge is -2.44. The van der Waals surface area contributed by atoms with Crippen LogP contribution in [-0.2, 0) is 0 Å². The van der Waals surface area contributed by atoms with Crippen molar-refractivity contribution in [1.29, 1.82) is 0 Å². The third-order valence-corrected chi connectivity index (χ3v) is 4.96. The van der Waals surface area contributed by atoms with Gasteiger partial charge in [-0.2, -0.15) is 4.91 Å². The predicted molar refractivity (Wildman–Crippen MR) is 56.3 cm³/mol. The molecule has 4 saturated carbocycles. The molecule has 3 heteroatoms. The topological polar surface area (TPSA) is 29.4 Å². The zero-order valence-corrected chi connectivity index (χ0v) is 9.04. The molecule has 4 aliphatic rings. The number of halogens is 1. The molecule has 2 nitrogen and oxygen atoms in total. The van der Waals surface area contributed by atoms with Gasteiger partial charge in [-0.25, -0.2) is 0 Å². The minimum atomic E-state index is 0.0376. The molecule has 0 amide bonds. The van der Waals surface area contributed by atoms with E-state index in [1.54, 1.807) is 0 Å². The van der Waals surface area contributed by atoms with Crippen LogP contribution in [0.3, 0.4) is 0 Å². The van der Waals surface area contributed by atoms with Crippen LogP contribution in [0.1, 0.15) is 38.5 Å². The molecule has 0 heterocycles. The van der Waals surface area contributed by atoms with Crippen molar-refractivity contribution in [3.8, 4) is 0 Å². The third-order valence-electron chi connectivity index (χ3n) is 4.49. The molecule has 5 unspecified atom stereocenters. The normalized spacial score (nSPS) is 55.8. The summed E-state index contributed by atoms with van der Waals surface area (Å²) in [4.78, 5) is 10.8. The van der Waals surface area contributed by atoms with Gasteiger partial charge in [-0.3, -0.25) is 0 Å². The Labute approximate surface area is 89.4 Å². The van der Waals surface area contributed by atoms with E-state index in [-0.39, 0.29) is 10.9 Å². The summed E-state index contributed by atoms with van der Waals surface area (Å²) in [6, 6.07) is 0.0749. The summed E-state index contributed by atoms with van der Waals surface area (Å²) in [7, 11) is 0. The van der Waals surface area contributed by atoms with Gasteiger partial charge in [-0.15, -0.1) is 11.6 Å². The van der Waals surface area contributed by atoms with Crippen molar-refractivity contribution in [1.82, 2.24) is 0 Å². The van der Waals surface area contributed by atoms with Gasteiger partial charge in [-0.1, -0.05) is 5.18 Å². The van der Waals surface area contributed by atoms with Crippen LogP contribution in [0.4, 0.5) is 0 Å². The lowest BCUT2D eigenvalue weighted by atomic mass is 9.67. The fourth-order valence-electron chi connectivity index (χ4n) is 4.22. The first kappa shape index (κ1) is 9.14. The van der Waals surface area contributed by atoms with E-state index in [9.17, 15) is 4.91 Å². The van der Waals surface area contributed by atoms with Crippen LogP contribution in [0.15, 0.2) is 5.18 Å². The zero-order valence-electron chi connectivity index (χ0n) is 8.29. The molecule has 0 saturated heterocycles. The predicted octanol–water partition coefficient (Wildman–Crippen LogP) is 3.33. The van der Waals surface area contributed by atoms with Crippen molar-refractivity contribution < 1.29 is 0 Å². The maximum atomic E-state index is 10.8. The van der Waals surface area contributed by atoms with Crippen molar-refractivity contribution in [3.63, 3.8) is 0 Å². The lowest BCUT2D eigenvalue weighted by molar-refractivity contribution is 0.151. The molecule has 0 aromatic heterocycles. The van der Waals surface area contributed by atoms with Crippen LogP contribution in [0, 0.1) is 22.7 Å². The fourth-order valence-corrected chi connectivity index (χ4v) is 4.85. The summed E-state index contributed by atoms with van der Waals surface area (Å²) in [5.74, 6) is 1.97. The van der Waals surface area contributed by atoms with Crippen LogP contribution in [0.25, 0.3) is 0 Å². The van der Waals surface area contributed by atoms with Gasteiger partial charge in [0.25, 0.3) is 0 Å². The highest BCUT2D eigenvalue weighted by atomic mass is 35.5. The first-order chi connectivity index (χ1) is 6.68. The Morgan fingerprint density at radius 1 is 1.07 bits per heavy atom. The molecule has 0 aromatic rings. The highest BCUT2D eigenvalue weighted by molar-refractivity contribution is 6.24. The fraction of sp³-hybridized carbons (Fsp3) is 1.00. The molecule has 0 radical (unpaired) electrons. The van der Waals surface area contributed by atoms with Gasteiger partial charge >= 0.3 is 0 Å². The summed E-state index contributed by atoms with van der Waals surface area (Å²) < 4.78 is 0. The quantitative estimate of drug-likeness (QED) is 0.485. The zero-order chi connectivity index (χ0) is 9.76. The minimum Gasteiger partial charge on any atom is -0.151 e. The Kier molecular flexibility index (Phi) is 1.92. The molecule has 4 bridgehead atoms. The molecule has 0 aliphatic heterocycles. The monoisotopic (exact) mass is 213 g/mol. The number of nitrogens with zero attached hydrogens (tertiary/aromatic N) is 1. The standard InChI is InChI=1S/C11H16ClNO/c12-11-4-7-1-8(5-11)3-10(13-14)9(2-7)6-11/h7-10H,1-6H2. The number of alkyl halides is 1. The molecule has 78 valence electrons. The third kappa shape index (κ3) is 1.30. The molecular formula is C11H16ClNO. The Bertz CT molecular complexity index is 270. The molecule has 0 spiro atoms. The number of hydrogen-bond acceptors (Lipinski definition) is 2. The Morgan fingerprint density at radius 3 is 2.43 bits per heavy atom. The minimum absolute atomic E-state index is 0.0376. The maximum absolute atomic E-state index is 10.8.